The fraction of sp³-hybridized carbons (Fsp3) is 0.0800. The molecule has 1 aliphatic carbocycles. The van der Waals surface area contributed by atoms with Crippen LogP contribution in [0.3, 0.4) is 0 Å². The summed E-state index contributed by atoms with van der Waals surface area (Å²) >= 11 is 0. The molecule has 0 atom stereocenters. The molecule has 4 aromatic rings. The minimum Gasteiger partial charge on any atom is -0.289 e. The number of aryl methyl sites for hydroxylation is 1. The van der Waals surface area contributed by atoms with Gasteiger partial charge in [-0.15, -0.1) is 0 Å². The van der Waals surface area contributed by atoms with Gasteiger partial charge in [0.25, 0.3) is 0 Å². The van der Waals surface area contributed by atoms with E-state index in [0.29, 0.717) is 0 Å². The van der Waals surface area contributed by atoms with Gasteiger partial charge in [0.15, 0.2) is 5.78 Å². The largest absolute Gasteiger partial charge is 0.289 e. The second-order valence-corrected chi connectivity index (χ2v) is 6.89. The van der Waals surface area contributed by atoms with Crippen molar-refractivity contribution in [3.63, 3.8) is 0 Å². The summed E-state index contributed by atoms with van der Waals surface area (Å²) in [6, 6.07) is 27.1. The van der Waals surface area contributed by atoms with E-state index in [1.807, 2.05) is 18.2 Å². The summed E-state index contributed by atoms with van der Waals surface area (Å²) in [4.78, 5) is 13.0. The van der Waals surface area contributed by atoms with Gasteiger partial charge in [0, 0.05) is 11.1 Å². The average Bonchev–Trinajstić information content (AvgIpc) is 2.70. The lowest BCUT2D eigenvalue weighted by molar-refractivity contribution is 0.102. The lowest BCUT2D eigenvalue weighted by Crippen LogP contribution is -2.13. The van der Waals surface area contributed by atoms with Crippen LogP contribution in [0.25, 0.3) is 27.6 Å². The third kappa shape index (κ3) is 2.36. The fourth-order valence-electron chi connectivity index (χ4n) is 4.03. The van der Waals surface area contributed by atoms with Crippen LogP contribution in [0, 0.1) is 0 Å². The van der Waals surface area contributed by atoms with Gasteiger partial charge in [-0.1, -0.05) is 72.8 Å². The molecule has 1 aliphatic rings. The first-order valence-corrected chi connectivity index (χ1v) is 9.05. The van der Waals surface area contributed by atoms with Crippen LogP contribution in [0.1, 0.15) is 27.9 Å². The van der Waals surface area contributed by atoms with E-state index in [2.05, 4.69) is 66.7 Å². The number of Topliss-reactive ketones (excluding diaryl/α,β-unsaturated/α-hetero) is 1. The highest BCUT2D eigenvalue weighted by atomic mass is 16.1. The van der Waals surface area contributed by atoms with Gasteiger partial charge in [-0.25, -0.2) is 0 Å². The van der Waals surface area contributed by atoms with E-state index in [-0.39, 0.29) is 5.78 Å². The van der Waals surface area contributed by atoms with Crippen LogP contribution in [-0.4, -0.2) is 5.78 Å². The molecule has 0 radical (unpaired) electrons. The molecular formula is C25H18O. The Hall–Kier alpha value is -3.19. The Morgan fingerprint density at radius 2 is 1.31 bits per heavy atom. The Morgan fingerprint density at radius 3 is 2.04 bits per heavy atom. The lowest BCUT2D eigenvalue weighted by atomic mass is 9.85. The van der Waals surface area contributed by atoms with Crippen molar-refractivity contribution in [3.8, 4) is 0 Å². The fourth-order valence-corrected chi connectivity index (χ4v) is 4.03. The van der Waals surface area contributed by atoms with Crippen LogP contribution >= 0.6 is 0 Å². The molecule has 0 unspecified atom stereocenters. The van der Waals surface area contributed by atoms with Gasteiger partial charge in [0.05, 0.1) is 0 Å². The zero-order valence-electron chi connectivity index (χ0n) is 14.4. The molecule has 0 spiro atoms. The van der Waals surface area contributed by atoms with Crippen LogP contribution in [0.4, 0.5) is 0 Å². The van der Waals surface area contributed by atoms with E-state index in [4.69, 9.17) is 0 Å². The summed E-state index contributed by atoms with van der Waals surface area (Å²) in [5.74, 6) is 0.170. The summed E-state index contributed by atoms with van der Waals surface area (Å²) in [6.07, 6.45) is 3.85. The van der Waals surface area contributed by atoms with Gasteiger partial charge >= 0.3 is 0 Å². The van der Waals surface area contributed by atoms with E-state index in [9.17, 15) is 4.79 Å². The van der Waals surface area contributed by atoms with E-state index < -0.39 is 0 Å². The standard InChI is InChI=1S/C25H18O/c26-25-20(14-13-17-7-1-6-12-23(17)25)16-24-21-10-4-2-8-18(21)15-19-9-3-5-11-22(19)24/h1-12,15-16H,13-14H2. The molecule has 1 nitrogen and oxygen atoms in total. The Morgan fingerprint density at radius 1 is 0.692 bits per heavy atom. The molecule has 0 amide bonds. The SMILES string of the molecule is O=C1C(=Cc2c3ccccc3cc3ccccc23)CCc2ccccc21. The molecule has 26 heavy (non-hydrogen) atoms. The predicted octanol–water partition coefficient (Wildman–Crippen LogP) is 6.21. The molecule has 0 bridgehead atoms. The first-order valence-electron chi connectivity index (χ1n) is 9.05. The van der Waals surface area contributed by atoms with Crippen LogP contribution in [-0.2, 0) is 6.42 Å². The van der Waals surface area contributed by atoms with Gasteiger partial charge in [-0.3, -0.25) is 4.79 Å². The maximum absolute atomic E-state index is 13.0. The number of rotatable bonds is 1. The minimum absolute atomic E-state index is 0.170. The highest BCUT2D eigenvalue weighted by molar-refractivity contribution is 6.16. The number of fused-ring (bicyclic) bond motifs is 3. The van der Waals surface area contributed by atoms with Crippen molar-refractivity contribution in [1.82, 2.24) is 0 Å². The minimum atomic E-state index is 0.170. The number of hydrogen-bond acceptors (Lipinski definition) is 1. The number of ketones is 1. The average molecular weight is 334 g/mol. The Bertz CT molecular complexity index is 1140. The molecular weight excluding hydrogens is 316 g/mol. The second-order valence-electron chi connectivity index (χ2n) is 6.89. The number of carbonyl (C=O) groups is 1. The van der Waals surface area contributed by atoms with Crippen molar-refractivity contribution in [2.75, 3.05) is 0 Å². The Balaban J connectivity index is 1.76. The molecule has 0 heterocycles. The van der Waals surface area contributed by atoms with Gasteiger partial charge in [-0.05, 0) is 57.7 Å². The van der Waals surface area contributed by atoms with Crippen LogP contribution in [0.15, 0.2) is 84.4 Å². The molecule has 4 aromatic carbocycles. The van der Waals surface area contributed by atoms with Crippen molar-refractivity contribution < 1.29 is 4.79 Å². The normalized spacial score (nSPS) is 15.5. The Kier molecular flexibility index (Phi) is 3.46. The number of hydrogen-bond donors (Lipinski definition) is 0. The second kappa shape index (κ2) is 5.96. The zero-order valence-corrected chi connectivity index (χ0v) is 14.4. The first-order chi connectivity index (χ1) is 12.8. The van der Waals surface area contributed by atoms with Gasteiger partial charge in [-0.2, -0.15) is 0 Å². The highest BCUT2D eigenvalue weighted by Crippen LogP contribution is 2.33. The monoisotopic (exact) mass is 334 g/mol. The maximum atomic E-state index is 13.0. The number of benzene rings is 4. The number of carbonyl (C=O) groups excluding carboxylic acids is 1. The van der Waals surface area contributed by atoms with Crippen LogP contribution in [0.5, 0.6) is 0 Å². The quantitative estimate of drug-likeness (QED) is 0.299. The molecule has 0 aromatic heterocycles. The van der Waals surface area contributed by atoms with E-state index in [1.165, 1.54) is 21.5 Å². The summed E-state index contributed by atoms with van der Waals surface area (Å²) in [5.41, 5.74) is 4.08. The van der Waals surface area contributed by atoms with Gasteiger partial charge in [0.2, 0.25) is 0 Å². The summed E-state index contributed by atoms with van der Waals surface area (Å²) in [5, 5.41) is 4.82. The zero-order chi connectivity index (χ0) is 17.5. The molecule has 0 saturated carbocycles. The molecule has 0 N–H and O–H groups in total. The summed E-state index contributed by atoms with van der Waals surface area (Å²) in [6.45, 7) is 0. The topological polar surface area (TPSA) is 17.1 Å². The predicted molar refractivity (Wildman–Crippen MR) is 109 cm³/mol. The molecule has 0 aliphatic heterocycles. The van der Waals surface area contributed by atoms with Crippen molar-refractivity contribution in [2.24, 2.45) is 0 Å². The smallest absolute Gasteiger partial charge is 0.189 e. The van der Waals surface area contributed by atoms with E-state index in [0.717, 1.165) is 35.1 Å². The molecule has 124 valence electrons. The lowest BCUT2D eigenvalue weighted by Gasteiger charge is -2.18. The van der Waals surface area contributed by atoms with Crippen molar-refractivity contribution in [1.29, 1.82) is 0 Å². The van der Waals surface area contributed by atoms with Crippen molar-refractivity contribution >= 4 is 33.4 Å². The van der Waals surface area contributed by atoms with E-state index >= 15 is 0 Å². The highest BCUT2D eigenvalue weighted by Gasteiger charge is 2.21. The summed E-state index contributed by atoms with van der Waals surface area (Å²) < 4.78 is 0. The molecule has 5 rings (SSSR count). The van der Waals surface area contributed by atoms with Crippen molar-refractivity contribution in [2.45, 2.75) is 12.8 Å². The van der Waals surface area contributed by atoms with Gasteiger partial charge in [0.1, 0.15) is 0 Å². The molecule has 1 heteroatoms. The number of allylic oxidation sites excluding steroid dienone is 1. The molecule has 0 fully saturated rings. The van der Waals surface area contributed by atoms with Crippen molar-refractivity contribution in [3.05, 3.63) is 101 Å². The van der Waals surface area contributed by atoms with Gasteiger partial charge < -0.3 is 0 Å². The van der Waals surface area contributed by atoms with E-state index in [1.54, 1.807) is 0 Å². The first kappa shape index (κ1) is 15.1. The maximum Gasteiger partial charge on any atom is 0.189 e. The third-order valence-corrected chi connectivity index (χ3v) is 5.35. The Labute approximate surface area is 152 Å². The van der Waals surface area contributed by atoms with Crippen LogP contribution in [0.2, 0.25) is 0 Å². The third-order valence-electron chi connectivity index (χ3n) is 5.35. The molecule has 0 saturated heterocycles. The summed E-state index contributed by atoms with van der Waals surface area (Å²) in [7, 11) is 0. The van der Waals surface area contributed by atoms with Crippen LogP contribution < -0.4 is 0 Å².